The fraction of sp³-hybridized carbons (Fsp3) is 0.333. The highest BCUT2D eigenvalue weighted by Crippen LogP contribution is 2.33. The number of nitro benzene ring substituents is 1. The number of carbonyl (C=O) groups is 2. The van der Waals surface area contributed by atoms with Crippen LogP contribution in [0.15, 0.2) is 42.5 Å². The van der Waals surface area contributed by atoms with Crippen molar-refractivity contribution in [3.8, 4) is 5.75 Å². The zero-order valence-corrected chi connectivity index (χ0v) is 16.9. The largest absolute Gasteiger partial charge is 0.477 e. The third-order valence-electron chi connectivity index (χ3n) is 4.81. The van der Waals surface area contributed by atoms with Gasteiger partial charge < -0.3 is 20.3 Å². The van der Waals surface area contributed by atoms with E-state index in [0.29, 0.717) is 29.2 Å². The number of nitro groups is 1. The normalized spacial score (nSPS) is 15.0. The summed E-state index contributed by atoms with van der Waals surface area (Å²) < 4.78 is 5.82. The minimum absolute atomic E-state index is 0.0277. The molecular weight excluding hydrogens is 388 g/mol. The molecule has 2 aromatic carbocycles. The molecule has 1 aliphatic rings. The van der Waals surface area contributed by atoms with E-state index in [2.05, 4.69) is 10.6 Å². The lowest BCUT2D eigenvalue weighted by Gasteiger charge is -2.35. The predicted molar refractivity (Wildman–Crippen MR) is 113 cm³/mol. The second-order valence-corrected chi connectivity index (χ2v) is 7.00. The Balaban J connectivity index is 1.76. The third-order valence-corrected chi connectivity index (χ3v) is 4.81. The van der Waals surface area contributed by atoms with Gasteiger partial charge in [-0.3, -0.25) is 19.7 Å². The van der Waals surface area contributed by atoms with Crippen LogP contribution in [0.25, 0.3) is 0 Å². The average Bonchev–Trinajstić information content (AvgIpc) is 2.73. The topological polar surface area (TPSA) is 114 Å². The first-order chi connectivity index (χ1) is 14.4. The molecule has 0 fully saturated rings. The highest BCUT2D eigenvalue weighted by atomic mass is 16.6. The monoisotopic (exact) mass is 412 g/mol. The number of hydrogen-bond donors (Lipinski definition) is 2. The van der Waals surface area contributed by atoms with Crippen LogP contribution in [0.1, 0.15) is 18.9 Å². The summed E-state index contributed by atoms with van der Waals surface area (Å²) in [7, 11) is 0. The van der Waals surface area contributed by atoms with Crippen LogP contribution in [0, 0.1) is 17.0 Å². The Bertz CT molecular complexity index is 962. The highest BCUT2D eigenvalue weighted by Gasteiger charge is 2.31. The van der Waals surface area contributed by atoms with Gasteiger partial charge in [-0.15, -0.1) is 0 Å². The lowest BCUT2D eigenvalue weighted by molar-refractivity contribution is -0.385. The zero-order chi connectivity index (χ0) is 21.7. The van der Waals surface area contributed by atoms with Crippen molar-refractivity contribution in [1.82, 2.24) is 5.32 Å². The Labute approximate surface area is 174 Å². The number of amides is 2. The number of anilines is 2. The van der Waals surface area contributed by atoms with E-state index in [9.17, 15) is 19.7 Å². The molecule has 2 N–H and O–H groups in total. The van der Waals surface area contributed by atoms with Crippen LogP contribution < -0.4 is 20.3 Å². The lowest BCUT2D eigenvalue weighted by atomic mass is 10.1. The van der Waals surface area contributed by atoms with Crippen LogP contribution in [0.4, 0.5) is 17.1 Å². The lowest BCUT2D eigenvalue weighted by Crippen LogP contribution is -2.50. The van der Waals surface area contributed by atoms with E-state index in [0.717, 1.165) is 6.42 Å². The van der Waals surface area contributed by atoms with Gasteiger partial charge in [0.1, 0.15) is 5.75 Å². The predicted octanol–water partition coefficient (Wildman–Crippen LogP) is 2.64. The van der Waals surface area contributed by atoms with Gasteiger partial charge in [0.2, 0.25) is 5.91 Å². The van der Waals surface area contributed by atoms with Crippen LogP contribution in [-0.2, 0) is 9.59 Å². The van der Waals surface area contributed by atoms with Gasteiger partial charge in [-0.05, 0) is 31.5 Å². The number of para-hydroxylation sites is 2. The molecule has 9 nitrogen and oxygen atoms in total. The molecule has 1 aliphatic heterocycles. The molecule has 1 unspecified atom stereocenters. The molecule has 2 amide bonds. The molecule has 0 aliphatic carbocycles. The fourth-order valence-electron chi connectivity index (χ4n) is 3.28. The molecule has 0 saturated carbocycles. The molecular formula is C21H24N4O5. The maximum absolute atomic E-state index is 12.7. The first-order valence-electron chi connectivity index (χ1n) is 9.73. The molecule has 3 rings (SSSR count). The summed E-state index contributed by atoms with van der Waals surface area (Å²) in [5.41, 5.74) is 1.42. The molecule has 158 valence electrons. The highest BCUT2D eigenvalue weighted by molar-refractivity contribution is 5.96. The molecule has 0 radical (unpaired) electrons. The Morgan fingerprint density at radius 3 is 2.73 bits per heavy atom. The van der Waals surface area contributed by atoms with Crippen LogP contribution in [0.3, 0.4) is 0 Å². The summed E-state index contributed by atoms with van der Waals surface area (Å²) in [6.45, 7) is 4.29. The van der Waals surface area contributed by atoms with Crippen LogP contribution in [-0.4, -0.2) is 42.5 Å². The molecule has 2 aromatic rings. The summed E-state index contributed by atoms with van der Waals surface area (Å²) in [5, 5.41) is 16.7. The fourth-order valence-corrected chi connectivity index (χ4v) is 3.28. The Hall–Kier alpha value is -3.62. The van der Waals surface area contributed by atoms with E-state index in [4.69, 9.17) is 4.74 Å². The van der Waals surface area contributed by atoms with Gasteiger partial charge in [0.15, 0.2) is 6.10 Å². The summed E-state index contributed by atoms with van der Waals surface area (Å²) in [6.07, 6.45) is 0.0720. The smallest absolute Gasteiger partial charge is 0.274 e. The second kappa shape index (κ2) is 9.25. The Morgan fingerprint density at radius 1 is 1.23 bits per heavy atom. The summed E-state index contributed by atoms with van der Waals surface area (Å²) in [5.74, 6) is -0.0472. The number of hydrogen-bond acceptors (Lipinski definition) is 6. The number of carbonyl (C=O) groups excluding carboxylic acids is 2. The van der Waals surface area contributed by atoms with Crippen molar-refractivity contribution in [1.29, 1.82) is 0 Å². The SMILES string of the molecule is CCCNC(=O)C1CN(CC(=O)Nc2cccc([N+](=O)[O-])c2C)c2ccccc2O1. The third kappa shape index (κ3) is 4.68. The number of fused-ring (bicyclic) bond motifs is 1. The van der Waals surface area contributed by atoms with E-state index >= 15 is 0 Å². The van der Waals surface area contributed by atoms with E-state index in [1.54, 1.807) is 30.0 Å². The number of nitrogens with zero attached hydrogens (tertiary/aromatic N) is 2. The quantitative estimate of drug-likeness (QED) is 0.534. The molecule has 0 aromatic heterocycles. The summed E-state index contributed by atoms with van der Waals surface area (Å²) in [6, 6.07) is 11.7. The van der Waals surface area contributed by atoms with Gasteiger partial charge in [0.25, 0.3) is 11.6 Å². The maximum atomic E-state index is 12.7. The van der Waals surface area contributed by atoms with E-state index in [1.807, 2.05) is 19.1 Å². The van der Waals surface area contributed by atoms with Gasteiger partial charge in [-0.1, -0.05) is 25.1 Å². The summed E-state index contributed by atoms with van der Waals surface area (Å²) in [4.78, 5) is 37.5. The van der Waals surface area contributed by atoms with Crippen LogP contribution in [0.2, 0.25) is 0 Å². The van der Waals surface area contributed by atoms with Gasteiger partial charge >= 0.3 is 0 Å². The first-order valence-corrected chi connectivity index (χ1v) is 9.73. The molecule has 0 saturated heterocycles. The van der Waals surface area contributed by atoms with Gasteiger partial charge in [-0.2, -0.15) is 0 Å². The Kier molecular flexibility index (Phi) is 6.51. The van der Waals surface area contributed by atoms with E-state index in [-0.39, 0.29) is 30.6 Å². The maximum Gasteiger partial charge on any atom is 0.274 e. The first kappa shape index (κ1) is 21.1. The molecule has 1 atom stereocenters. The minimum atomic E-state index is -0.737. The van der Waals surface area contributed by atoms with Crippen molar-refractivity contribution in [2.75, 3.05) is 29.9 Å². The van der Waals surface area contributed by atoms with Crippen molar-refractivity contribution >= 4 is 28.9 Å². The summed E-state index contributed by atoms with van der Waals surface area (Å²) >= 11 is 0. The molecule has 9 heteroatoms. The molecule has 1 heterocycles. The average molecular weight is 412 g/mol. The molecule has 30 heavy (non-hydrogen) atoms. The van der Waals surface area contributed by atoms with Gasteiger partial charge in [-0.25, -0.2) is 0 Å². The number of nitrogens with one attached hydrogen (secondary N) is 2. The number of ether oxygens (including phenoxy) is 1. The van der Waals surface area contributed by atoms with Crippen molar-refractivity contribution in [3.63, 3.8) is 0 Å². The van der Waals surface area contributed by atoms with Crippen LogP contribution in [0.5, 0.6) is 5.75 Å². The van der Waals surface area contributed by atoms with Crippen molar-refractivity contribution < 1.29 is 19.2 Å². The van der Waals surface area contributed by atoms with E-state index < -0.39 is 11.0 Å². The minimum Gasteiger partial charge on any atom is -0.477 e. The second-order valence-electron chi connectivity index (χ2n) is 7.00. The Morgan fingerprint density at radius 2 is 2.00 bits per heavy atom. The van der Waals surface area contributed by atoms with E-state index in [1.165, 1.54) is 12.1 Å². The van der Waals surface area contributed by atoms with Crippen LogP contribution >= 0.6 is 0 Å². The molecule has 0 spiro atoms. The van der Waals surface area contributed by atoms with Crippen molar-refractivity contribution in [2.24, 2.45) is 0 Å². The van der Waals surface area contributed by atoms with Crippen molar-refractivity contribution in [2.45, 2.75) is 26.4 Å². The van der Waals surface area contributed by atoms with Gasteiger partial charge in [0.05, 0.1) is 35.0 Å². The number of benzene rings is 2. The molecule has 0 bridgehead atoms. The van der Waals surface area contributed by atoms with Gasteiger partial charge in [0, 0.05) is 12.6 Å². The number of rotatable bonds is 7. The zero-order valence-electron chi connectivity index (χ0n) is 16.9. The standard InChI is InChI=1S/C21H24N4O5/c1-3-11-22-21(27)19-12-24(17-8-4-5-10-18(17)30-19)13-20(26)23-15-7-6-9-16(14(15)2)25(28)29/h4-10,19H,3,11-13H2,1-2H3,(H,22,27)(H,23,26). The van der Waals surface area contributed by atoms with Crippen molar-refractivity contribution in [3.05, 3.63) is 58.1 Å².